The van der Waals surface area contributed by atoms with Crippen molar-refractivity contribution in [2.45, 2.75) is 20.3 Å². The van der Waals surface area contributed by atoms with Gasteiger partial charge in [0, 0.05) is 16.7 Å². The molecule has 19 heavy (non-hydrogen) atoms. The summed E-state index contributed by atoms with van der Waals surface area (Å²) >= 11 is 3.54. The fourth-order valence-corrected chi connectivity index (χ4v) is 2.09. The highest BCUT2D eigenvalue weighted by molar-refractivity contribution is 9.10. The quantitative estimate of drug-likeness (QED) is 0.837. The first-order valence-corrected chi connectivity index (χ1v) is 7.20. The fourth-order valence-electron chi connectivity index (χ4n) is 1.71. The molecule has 0 unspecified atom stereocenters. The van der Waals surface area contributed by atoms with Gasteiger partial charge >= 0.3 is 0 Å². The third-order valence-electron chi connectivity index (χ3n) is 2.78. The van der Waals surface area contributed by atoms with Crippen molar-refractivity contribution >= 4 is 33.0 Å². The summed E-state index contributed by atoms with van der Waals surface area (Å²) in [6.45, 7) is 5.18. The molecule has 0 radical (unpaired) electrons. The van der Waals surface area contributed by atoms with E-state index in [9.17, 15) is 0 Å². The normalized spacial score (nSPS) is 10.3. The minimum atomic E-state index is 0.960. The van der Waals surface area contributed by atoms with Crippen molar-refractivity contribution in [3.63, 3.8) is 0 Å². The number of halogens is 1. The van der Waals surface area contributed by atoms with E-state index in [0.717, 1.165) is 34.5 Å². The van der Waals surface area contributed by atoms with Crippen molar-refractivity contribution in [3.8, 4) is 0 Å². The van der Waals surface area contributed by atoms with E-state index >= 15 is 0 Å². The van der Waals surface area contributed by atoms with Crippen LogP contribution in [0.3, 0.4) is 0 Å². The number of benzene rings is 1. The lowest BCUT2D eigenvalue weighted by atomic mass is 10.2. The first-order valence-electron chi connectivity index (χ1n) is 6.41. The molecule has 0 saturated carbocycles. The largest absolute Gasteiger partial charge is 0.384 e. The predicted octanol–water partition coefficient (Wildman–Crippen LogP) is 4.72. The number of rotatable bonds is 5. The highest BCUT2D eigenvalue weighted by Crippen LogP contribution is 2.24. The minimum Gasteiger partial charge on any atom is -0.384 e. The Balaban J connectivity index is 2.11. The summed E-state index contributed by atoms with van der Waals surface area (Å²) in [7, 11) is 0. The van der Waals surface area contributed by atoms with Gasteiger partial charge in [-0.2, -0.15) is 0 Å². The second-order valence-electron chi connectivity index (χ2n) is 4.48. The summed E-state index contributed by atoms with van der Waals surface area (Å²) < 4.78 is 1.10. The van der Waals surface area contributed by atoms with Crippen LogP contribution in [0.25, 0.3) is 0 Å². The molecule has 4 heteroatoms. The van der Waals surface area contributed by atoms with E-state index in [1.165, 1.54) is 5.56 Å². The SMILES string of the molecule is CCCNc1cncc(Nc2ccc(C)c(Br)c2)c1. The average Bonchev–Trinajstić information content (AvgIpc) is 2.41. The Morgan fingerprint density at radius 2 is 1.89 bits per heavy atom. The molecule has 100 valence electrons. The number of pyridine rings is 1. The molecule has 0 amide bonds. The maximum Gasteiger partial charge on any atom is 0.0591 e. The molecule has 0 aliphatic rings. The zero-order valence-corrected chi connectivity index (χ0v) is 12.8. The molecular weight excluding hydrogens is 302 g/mol. The Morgan fingerprint density at radius 3 is 2.63 bits per heavy atom. The van der Waals surface area contributed by atoms with Crippen LogP contribution in [0.2, 0.25) is 0 Å². The third-order valence-corrected chi connectivity index (χ3v) is 3.63. The van der Waals surface area contributed by atoms with E-state index in [-0.39, 0.29) is 0 Å². The summed E-state index contributed by atoms with van der Waals surface area (Å²) in [6, 6.07) is 8.28. The lowest BCUT2D eigenvalue weighted by molar-refractivity contribution is 0.978. The maximum atomic E-state index is 4.24. The van der Waals surface area contributed by atoms with Crippen LogP contribution in [-0.2, 0) is 0 Å². The van der Waals surface area contributed by atoms with Gasteiger partial charge in [0.1, 0.15) is 0 Å². The summed E-state index contributed by atoms with van der Waals surface area (Å²) in [5, 5.41) is 6.69. The molecule has 2 aromatic rings. The van der Waals surface area contributed by atoms with Gasteiger partial charge < -0.3 is 10.6 Å². The van der Waals surface area contributed by atoms with E-state index < -0.39 is 0 Å². The molecule has 0 saturated heterocycles. The molecule has 1 aromatic carbocycles. The van der Waals surface area contributed by atoms with E-state index in [1.54, 1.807) is 0 Å². The van der Waals surface area contributed by atoms with Crippen LogP contribution < -0.4 is 10.6 Å². The standard InChI is InChI=1S/C15H18BrN3/c1-3-6-18-13-7-14(10-17-9-13)19-12-5-4-11(2)15(16)8-12/h4-5,7-10,18-19H,3,6H2,1-2H3. The van der Waals surface area contributed by atoms with Crippen molar-refractivity contribution in [3.05, 3.63) is 46.7 Å². The molecule has 3 nitrogen and oxygen atoms in total. The summed E-state index contributed by atoms with van der Waals surface area (Å²) in [5.41, 5.74) is 4.30. The fraction of sp³-hybridized carbons (Fsp3) is 0.267. The number of aromatic nitrogens is 1. The average molecular weight is 320 g/mol. The summed E-state index contributed by atoms with van der Waals surface area (Å²) in [6.07, 6.45) is 4.76. The first kappa shape index (κ1) is 13.9. The Bertz CT molecular complexity index is 555. The first-order chi connectivity index (χ1) is 9.19. The molecule has 0 aliphatic heterocycles. The highest BCUT2D eigenvalue weighted by Gasteiger charge is 2.00. The molecule has 0 fully saturated rings. The number of hydrogen-bond acceptors (Lipinski definition) is 3. The molecule has 0 aliphatic carbocycles. The lowest BCUT2D eigenvalue weighted by Gasteiger charge is -2.10. The summed E-state index contributed by atoms with van der Waals surface area (Å²) in [5.74, 6) is 0. The molecule has 1 aromatic heterocycles. The number of hydrogen-bond donors (Lipinski definition) is 2. The van der Waals surface area contributed by atoms with Crippen molar-refractivity contribution in [2.24, 2.45) is 0 Å². The zero-order chi connectivity index (χ0) is 13.7. The smallest absolute Gasteiger partial charge is 0.0591 e. The van der Waals surface area contributed by atoms with E-state index in [0.29, 0.717) is 0 Å². The Hall–Kier alpha value is -1.55. The van der Waals surface area contributed by atoms with Crippen LogP contribution >= 0.6 is 15.9 Å². The van der Waals surface area contributed by atoms with E-state index in [2.05, 4.69) is 69.7 Å². The van der Waals surface area contributed by atoms with Crippen LogP contribution in [0.1, 0.15) is 18.9 Å². The van der Waals surface area contributed by atoms with Crippen molar-refractivity contribution < 1.29 is 0 Å². The van der Waals surface area contributed by atoms with Crippen molar-refractivity contribution in [1.29, 1.82) is 0 Å². The van der Waals surface area contributed by atoms with Gasteiger partial charge in [-0.05, 0) is 37.1 Å². The molecule has 1 heterocycles. The van der Waals surface area contributed by atoms with Crippen LogP contribution in [0.15, 0.2) is 41.1 Å². The Labute approximate surface area is 122 Å². The van der Waals surface area contributed by atoms with Gasteiger partial charge in [-0.1, -0.05) is 28.9 Å². The molecular formula is C15H18BrN3. The van der Waals surface area contributed by atoms with Gasteiger partial charge in [0.2, 0.25) is 0 Å². The van der Waals surface area contributed by atoms with Crippen molar-refractivity contribution in [1.82, 2.24) is 4.98 Å². The topological polar surface area (TPSA) is 37.0 Å². The lowest BCUT2D eigenvalue weighted by Crippen LogP contribution is -2.01. The number of anilines is 3. The molecule has 0 bridgehead atoms. The Kier molecular flexibility index (Phi) is 4.80. The number of aryl methyl sites for hydroxylation is 1. The molecule has 2 rings (SSSR count). The highest BCUT2D eigenvalue weighted by atomic mass is 79.9. The predicted molar refractivity (Wildman–Crippen MR) is 85.2 cm³/mol. The zero-order valence-electron chi connectivity index (χ0n) is 11.2. The maximum absolute atomic E-state index is 4.24. The molecule has 2 N–H and O–H groups in total. The van der Waals surface area contributed by atoms with Gasteiger partial charge in [0.25, 0.3) is 0 Å². The van der Waals surface area contributed by atoms with Crippen LogP contribution in [0, 0.1) is 6.92 Å². The van der Waals surface area contributed by atoms with Gasteiger partial charge in [-0.15, -0.1) is 0 Å². The van der Waals surface area contributed by atoms with E-state index in [4.69, 9.17) is 0 Å². The van der Waals surface area contributed by atoms with Gasteiger partial charge in [-0.3, -0.25) is 4.98 Å². The van der Waals surface area contributed by atoms with Crippen LogP contribution in [-0.4, -0.2) is 11.5 Å². The monoisotopic (exact) mass is 319 g/mol. The molecule has 0 atom stereocenters. The van der Waals surface area contributed by atoms with Gasteiger partial charge in [0.05, 0.1) is 23.8 Å². The van der Waals surface area contributed by atoms with Crippen LogP contribution in [0.5, 0.6) is 0 Å². The van der Waals surface area contributed by atoms with Crippen molar-refractivity contribution in [2.75, 3.05) is 17.2 Å². The van der Waals surface area contributed by atoms with Gasteiger partial charge in [-0.25, -0.2) is 0 Å². The molecule has 0 spiro atoms. The van der Waals surface area contributed by atoms with Gasteiger partial charge in [0.15, 0.2) is 0 Å². The van der Waals surface area contributed by atoms with Crippen LogP contribution in [0.4, 0.5) is 17.1 Å². The minimum absolute atomic E-state index is 0.960. The van der Waals surface area contributed by atoms with E-state index in [1.807, 2.05) is 12.4 Å². The Morgan fingerprint density at radius 1 is 1.11 bits per heavy atom. The number of nitrogens with zero attached hydrogens (tertiary/aromatic N) is 1. The third kappa shape index (κ3) is 3.96. The second-order valence-corrected chi connectivity index (χ2v) is 5.33. The second kappa shape index (κ2) is 6.57. The summed E-state index contributed by atoms with van der Waals surface area (Å²) in [4.78, 5) is 4.24. The number of nitrogens with one attached hydrogen (secondary N) is 2.